The third-order valence-electron chi connectivity index (χ3n) is 5.08. The molecule has 0 aliphatic carbocycles. The second kappa shape index (κ2) is 10.2. The first-order chi connectivity index (χ1) is 16.4. The summed E-state index contributed by atoms with van der Waals surface area (Å²) in [5.74, 6) is -1.47. The number of fused-ring (bicyclic) bond motifs is 1. The first-order valence-electron chi connectivity index (χ1n) is 11.1. The summed E-state index contributed by atoms with van der Waals surface area (Å²) in [6.45, 7) is 6.17. The van der Waals surface area contributed by atoms with Crippen LogP contribution >= 0.6 is 0 Å². The van der Waals surface area contributed by atoms with Crippen LogP contribution in [0.2, 0.25) is 0 Å². The first-order valence-corrected chi connectivity index (χ1v) is 11.1. The van der Waals surface area contributed by atoms with Crippen LogP contribution in [0.5, 0.6) is 0 Å². The van der Waals surface area contributed by atoms with Gasteiger partial charge in [0.2, 0.25) is 0 Å². The lowest BCUT2D eigenvalue weighted by Gasteiger charge is -2.24. The fraction of sp³-hybridized carbons (Fsp3) is 0.417. The molecule has 11 heteroatoms. The van der Waals surface area contributed by atoms with E-state index < -0.39 is 23.3 Å². The van der Waals surface area contributed by atoms with Crippen LogP contribution in [0.1, 0.15) is 37.6 Å². The summed E-state index contributed by atoms with van der Waals surface area (Å²) >= 11 is 0. The van der Waals surface area contributed by atoms with Crippen molar-refractivity contribution in [1.29, 1.82) is 0 Å². The van der Waals surface area contributed by atoms with Gasteiger partial charge < -0.3 is 24.4 Å². The molecule has 1 N–H and O–H groups in total. The maximum absolute atomic E-state index is 14.9. The molecule has 0 saturated carbocycles. The molecule has 9 nitrogen and oxygen atoms in total. The highest BCUT2D eigenvalue weighted by molar-refractivity contribution is 5.95. The molecular weight excluding hydrogens is 458 g/mol. The number of benzene rings is 1. The lowest BCUT2D eigenvalue weighted by atomic mass is 10.1. The Morgan fingerprint density at radius 1 is 1.11 bits per heavy atom. The monoisotopic (exact) mass is 488 g/mol. The minimum Gasteiger partial charge on any atom is -0.444 e. The maximum Gasteiger partial charge on any atom is 0.410 e. The van der Waals surface area contributed by atoms with E-state index in [0.29, 0.717) is 25.2 Å². The van der Waals surface area contributed by atoms with E-state index in [2.05, 4.69) is 15.3 Å². The molecule has 0 radical (unpaired) electrons. The molecule has 0 fully saturated rings. The quantitative estimate of drug-likeness (QED) is 0.530. The minimum atomic E-state index is -0.672. The van der Waals surface area contributed by atoms with E-state index in [0.717, 1.165) is 6.07 Å². The molecule has 2 amide bonds. The van der Waals surface area contributed by atoms with Gasteiger partial charge in [-0.2, -0.15) is 0 Å². The minimum absolute atomic E-state index is 0.0476. The highest BCUT2D eigenvalue weighted by Crippen LogP contribution is 2.28. The predicted octanol–water partition coefficient (Wildman–Crippen LogP) is 4.41. The molecule has 1 aromatic carbocycles. The largest absolute Gasteiger partial charge is 0.444 e. The summed E-state index contributed by atoms with van der Waals surface area (Å²) in [5, 5.41) is 2.91. The molecule has 3 aromatic rings. The van der Waals surface area contributed by atoms with Crippen LogP contribution < -0.4 is 5.32 Å². The van der Waals surface area contributed by atoms with Crippen molar-refractivity contribution in [2.45, 2.75) is 39.3 Å². The molecule has 0 aliphatic heterocycles. The number of carbonyl (C=O) groups excluding carboxylic acids is 2. The fourth-order valence-electron chi connectivity index (χ4n) is 3.39. The zero-order valence-electron chi connectivity index (χ0n) is 20.7. The van der Waals surface area contributed by atoms with Gasteiger partial charge in [0.05, 0.1) is 11.1 Å². The molecule has 2 heterocycles. The number of halogens is 2. The molecule has 2 aromatic heterocycles. The van der Waals surface area contributed by atoms with E-state index in [9.17, 15) is 18.4 Å². The van der Waals surface area contributed by atoms with Gasteiger partial charge in [-0.1, -0.05) is 0 Å². The van der Waals surface area contributed by atoms with Gasteiger partial charge in [0.25, 0.3) is 5.91 Å². The first kappa shape index (κ1) is 25.9. The van der Waals surface area contributed by atoms with E-state index in [1.165, 1.54) is 34.5 Å². The van der Waals surface area contributed by atoms with Crippen molar-refractivity contribution < 1.29 is 23.1 Å². The van der Waals surface area contributed by atoms with Crippen LogP contribution in [0.3, 0.4) is 0 Å². The molecular formula is C24H30F2N6O3. The van der Waals surface area contributed by atoms with Crippen LogP contribution in [0.15, 0.2) is 30.7 Å². The van der Waals surface area contributed by atoms with Crippen molar-refractivity contribution in [3.05, 3.63) is 47.9 Å². The van der Waals surface area contributed by atoms with Gasteiger partial charge in [0.1, 0.15) is 29.2 Å². The highest BCUT2D eigenvalue weighted by Gasteiger charge is 2.20. The Hall–Kier alpha value is -3.76. The summed E-state index contributed by atoms with van der Waals surface area (Å²) in [4.78, 5) is 35.2. The second-order valence-electron chi connectivity index (χ2n) is 9.37. The van der Waals surface area contributed by atoms with E-state index in [-0.39, 0.29) is 28.4 Å². The average Bonchev–Trinajstić information content (AvgIpc) is 3.09. The highest BCUT2D eigenvalue weighted by atomic mass is 19.1. The Kier molecular flexibility index (Phi) is 7.57. The number of rotatable bonds is 7. The van der Waals surface area contributed by atoms with E-state index in [1.807, 2.05) is 0 Å². The van der Waals surface area contributed by atoms with Gasteiger partial charge in [-0.25, -0.2) is 23.5 Å². The molecule has 0 bridgehead atoms. The smallest absolute Gasteiger partial charge is 0.410 e. The van der Waals surface area contributed by atoms with Crippen molar-refractivity contribution in [2.24, 2.45) is 0 Å². The molecule has 35 heavy (non-hydrogen) atoms. The van der Waals surface area contributed by atoms with Gasteiger partial charge in [-0.3, -0.25) is 4.79 Å². The zero-order chi connectivity index (χ0) is 25.9. The van der Waals surface area contributed by atoms with E-state index in [1.54, 1.807) is 46.5 Å². The van der Waals surface area contributed by atoms with Crippen molar-refractivity contribution in [3.8, 4) is 0 Å². The topological polar surface area (TPSA) is 92.6 Å². The summed E-state index contributed by atoms with van der Waals surface area (Å²) in [6, 6.07) is 4.00. The summed E-state index contributed by atoms with van der Waals surface area (Å²) in [7, 11) is 4.79. The number of aryl methyl sites for hydroxylation is 1. The van der Waals surface area contributed by atoms with Crippen LogP contribution in [-0.4, -0.2) is 69.6 Å². The molecule has 0 atom stereocenters. The van der Waals surface area contributed by atoms with Gasteiger partial charge >= 0.3 is 6.09 Å². The van der Waals surface area contributed by atoms with Crippen LogP contribution in [-0.2, 0) is 11.3 Å². The molecule has 0 aliphatic rings. The van der Waals surface area contributed by atoms with Crippen molar-refractivity contribution in [3.63, 3.8) is 0 Å². The molecule has 0 spiro atoms. The number of hydrogen-bond acceptors (Lipinski definition) is 6. The van der Waals surface area contributed by atoms with Gasteiger partial charge in [-0.05, 0) is 45.4 Å². The second-order valence-corrected chi connectivity index (χ2v) is 9.37. The Labute approximate surface area is 202 Å². The molecule has 0 saturated heterocycles. The fourth-order valence-corrected chi connectivity index (χ4v) is 3.39. The summed E-state index contributed by atoms with van der Waals surface area (Å²) in [6.07, 6.45) is 2.65. The van der Waals surface area contributed by atoms with Crippen molar-refractivity contribution in [1.82, 2.24) is 24.3 Å². The number of nitrogens with zero attached hydrogens (tertiary/aromatic N) is 5. The van der Waals surface area contributed by atoms with Crippen LogP contribution in [0.25, 0.3) is 11.0 Å². The van der Waals surface area contributed by atoms with E-state index >= 15 is 0 Å². The van der Waals surface area contributed by atoms with Crippen LogP contribution in [0.4, 0.5) is 25.1 Å². The maximum atomic E-state index is 14.9. The standard InChI is InChI=1S/C24H30F2N6O3/c1-24(2,3)35-23(34)31(6)10-7-11-32-13-17(26)19-20(27-14-28-21(19)32)29-18-9-8-15(12-16(18)25)22(33)30(4)5/h8-9,12-14H,7,10-11H2,1-6H3,(H,27,28,29). The third kappa shape index (κ3) is 6.23. The predicted molar refractivity (Wildman–Crippen MR) is 129 cm³/mol. The molecule has 3 rings (SSSR count). The lowest BCUT2D eigenvalue weighted by molar-refractivity contribution is 0.0295. The zero-order valence-corrected chi connectivity index (χ0v) is 20.7. The average molecular weight is 489 g/mol. The Morgan fingerprint density at radius 2 is 1.83 bits per heavy atom. The Balaban J connectivity index is 1.75. The van der Waals surface area contributed by atoms with Crippen LogP contribution in [0, 0.1) is 11.6 Å². The number of ether oxygens (including phenoxy) is 1. The summed E-state index contributed by atoms with van der Waals surface area (Å²) in [5.41, 5.74) is -0.0154. The number of anilines is 2. The Bertz CT molecular complexity index is 1240. The number of nitrogens with one attached hydrogen (secondary N) is 1. The van der Waals surface area contributed by atoms with Gasteiger partial charge in [0, 0.05) is 46.0 Å². The van der Waals surface area contributed by atoms with E-state index in [4.69, 9.17) is 4.74 Å². The lowest BCUT2D eigenvalue weighted by Crippen LogP contribution is -2.35. The van der Waals surface area contributed by atoms with Crippen molar-refractivity contribution in [2.75, 3.05) is 33.0 Å². The Morgan fingerprint density at radius 3 is 2.46 bits per heavy atom. The van der Waals surface area contributed by atoms with Crippen molar-refractivity contribution >= 4 is 34.5 Å². The summed E-state index contributed by atoms with van der Waals surface area (Å²) < 4.78 is 36.5. The normalized spacial score (nSPS) is 11.4. The SMILES string of the molecule is CN(C)C(=O)c1ccc(Nc2ncnc3c2c(F)cn3CCCN(C)C(=O)OC(C)(C)C)c(F)c1. The number of aromatic nitrogens is 3. The third-order valence-corrected chi connectivity index (χ3v) is 5.08. The molecule has 188 valence electrons. The number of amides is 2. The number of hydrogen-bond donors (Lipinski definition) is 1. The number of carbonyl (C=O) groups is 2. The van der Waals surface area contributed by atoms with Gasteiger partial charge in [0.15, 0.2) is 5.82 Å². The van der Waals surface area contributed by atoms with Gasteiger partial charge in [-0.15, -0.1) is 0 Å². The molecule has 0 unspecified atom stereocenters.